The maximum absolute atomic E-state index is 12.6. The monoisotopic (exact) mass is 442 g/mol. The average molecular weight is 443 g/mol. The summed E-state index contributed by atoms with van der Waals surface area (Å²) in [5.74, 6) is 0.806. The van der Waals surface area contributed by atoms with Crippen LogP contribution in [0.4, 0.5) is 0 Å². The predicted octanol–water partition coefficient (Wildman–Crippen LogP) is 4.46. The first-order valence-corrected chi connectivity index (χ1v) is 11.9. The molecule has 2 aliphatic rings. The lowest BCUT2D eigenvalue weighted by Crippen LogP contribution is -2.35. The smallest absolute Gasteiger partial charge is 0.251 e. The van der Waals surface area contributed by atoms with Crippen molar-refractivity contribution in [2.75, 3.05) is 13.1 Å². The van der Waals surface area contributed by atoms with Gasteiger partial charge in [0.15, 0.2) is 0 Å². The molecule has 33 heavy (non-hydrogen) atoms. The first-order chi connectivity index (χ1) is 16.2. The van der Waals surface area contributed by atoms with E-state index in [2.05, 4.69) is 16.4 Å². The maximum atomic E-state index is 12.6. The molecule has 2 amide bonds. The minimum atomic E-state index is -0.0893. The van der Waals surface area contributed by atoms with E-state index in [4.69, 9.17) is 0 Å². The predicted molar refractivity (Wildman–Crippen MR) is 129 cm³/mol. The van der Waals surface area contributed by atoms with Gasteiger partial charge in [-0.2, -0.15) is 0 Å². The molecule has 2 aromatic heterocycles. The average Bonchev–Trinajstić information content (AvgIpc) is 3.54. The second-order valence-electron chi connectivity index (χ2n) is 9.16. The number of pyridine rings is 1. The first kappa shape index (κ1) is 21.4. The molecule has 1 saturated carbocycles. The lowest BCUT2D eigenvalue weighted by atomic mass is 9.97. The Labute approximate surface area is 194 Å². The Bertz CT molecular complexity index is 1170. The van der Waals surface area contributed by atoms with E-state index in [-0.39, 0.29) is 5.91 Å². The van der Waals surface area contributed by atoms with E-state index in [1.165, 1.54) is 31.3 Å². The number of nitrogens with zero attached hydrogens (tertiary/aromatic N) is 3. The third-order valence-electron chi connectivity index (χ3n) is 6.92. The molecule has 0 saturated heterocycles. The summed E-state index contributed by atoms with van der Waals surface area (Å²) in [7, 11) is 0. The van der Waals surface area contributed by atoms with Crippen molar-refractivity contribution >= 4 is 23.0 Å². The van der Waals surface area contributed by atoms with Crippen LogP contribution in [0, 0.1) is 5.92 Å². The van der Waals surface area contributed by atoms with Gasteiger partial charge >= 0.3 is 0 Å². The Hall–Kier alpha value is -3.41. The molecule has 1 aromatic carbocycles. The standard InChI is InChI=1S/C27H30N4O2/c32-26(17-20-3-1-2-4-20)30-14-11-23(12-15-30)22-6-8-24(9-7-22)27(33)29-18-21-5-10-25-28-13-16-31(25)19-21/h5-11,13,16,19-20H,1-4,12,14-15,17-18H2,(H,29,33). The lowest BCUT2D eigenvalue weighted by Gasteiger charge is -2.27. The number of hydrogen-bond acceptors (Lipinski definition) is 3. The highest BCUT2D eigenvalue weighted by Crippen LogP contribution is 2.29. The quantitative estimate of drug-likeness (QED) is 0.613. The highest BCUT2D eigenvalue weighted by atomic mass is 16.2. The van der Waals surface area contributed by atoms with E-state index in [0.29, 0.717) is 36.9 Å². The van der Waals surface area contributed by atoms with Crippen LogP contribution < -0.4 is 5.32 Å². The largest absolute Gasteiger partial charge is 0.348 e. The summed E-state index contributed by atoms with van der Waals surface area (Å²) in [6.45, 7) is 1.93. The number of aromatic nitrogens is 2. The molecule has 0 spiro atoms. The van der Waals surface area contributed by atoms with Gasteiger partial charge in [0.1, 0.15) is 5.65 Å². The van der Waals surface area contributed by atoms with Crippen LogP contribution in [0.25, 0.3) is 11.2 Å². The van der Waals surface area contributed by atoms with Crippen LogP contribution in [0.1, 0.15) is 60.0 Å². The van der Waals surface area contributed by atoms with Crippen molar-refractivity contribution < 1.29 is 9.59 Å². The summed E-state index contributed by atoms with van der Waals surface area (Å²) in [6, 6.07) is 11.7. The number of amides is 2. The number of nitrogens with one attached hydrogen (secondary N) is 1. The zero-order valence-corrected chi connectivity index (χ0v) is 18.9. The number of fused-ring (bicyclic) bond motifs is 1. The molecule has 3 aromatic rings. The van der Waals surface area contributed by atoms with Gasteiger partial charge in [-0.3, -0.25) is 9.59 Å². The minimum absolute atomic E-state index is 0.0893. The summed E-state index contributed by atoms with van der Waals surface area (Å²) in [4.78, 5) is 31.4. The summed E-state index contributed by atoms with van der Waals surface area (Å²) >= 11 is 0. The Morgan fingerprint density at radius 1 is 1.06 bits per heavy atom. The Morgan fingerprint density at radius 2 is 1.88 bits per heavy atom. The summed E-state index contributed by atoms with van der Waals surface area (Å²) in [5.41, 5.74) is 4.93. The molecule has 0 unspecified atom stereocenters. The van der Waals surface area contributed by atoms with E-state index < -0.39 is 0 Å². The van der Waals surface area contributed by atoms with Crippen molar-refractivity contribution in [3.05, 3.63) is 77.8 Å². The van der Waals surface area contributed by atoms with Crippen molar-refractivity contribution in [1.82, 2.24) is 19.6 Å². The number of carbonyl (C=O) groups excluding carboxylic acids is 2. The van der Waals surface area contributed by atoms with Crippen LogP contribution in [0.5, 0.6) is 0 Å². The molecule has 1 fully saturated rings. The molecule has 1 aliphatic carbocycles. The second-order valence-corrected chi connectivity index (χ2v) is 9.16. The number of carbonyl (C=O) groups is 2. The van der Waals surface area contributed by atoms with Crippen LogP contribution in [-0.4, -0.2) is 39.2 Å². The number of hydrogen-bond donors (Lipinski definition) is 1. The summed E-state index contributed by atoms with van der Waals surface area (Å²) in [6.07, 6.45) is 14.3. The van der Waals surface area contributed by atoms with Gasteiger partial charge in [-0.05, 0) is 60.1 Å². The van der Waals surface area contributed by atoms with Crippen molar-refractivity contribution in [2.24, 2.45) is 5.92 Å². The minimum Gasteiger partial charge on any atom is -0.348 e. The van der Waals surface area contributed by atoms with Crippen LogP contribution in [0.3, 0.4) is 0 Å². The molecule has 0 radical (unpaired) electrons. The Morgan fingerprint density at radius 3 is 2.64 bits per heavy atom. The van der Waals surface area contributed by atoms with Crippen molar-refractivity contribution in [3.63, 3.8) is 0 Å². The van der Waals surface area contributed by atoms with E-state index in [0.717, 1.165) is 29.7 Å². The molecule has 6 nitrogen and oxygen atoms in total. The molecule has 0 atom stereocenters. The molecular weight excluding hydrogens is 412 g/mol. The van der Waals surface area contributed by atoms with Gasteiger partial charge in [-0.1, -0.05) is 37.1 Å². The molecule has 1 aliphatic heterocycles. The summed E-state index contributed by atoms with van der Waals surface area (Å²) in [5, 5.41) is 2.99. The number of benzene rings is 1. The number of rotatable bonds is 6. The molecule has 5 rings (SSSR count). The molecular formula is C27H30N4O2. The van der Waals surface area contributed by atoms with E-state index in [1.807, 2.05) is 58.1 Å². The lowest BCUT2D eigenvalue weighted by molar-refractivity contribution is -0.131. The zero-order valence-electron chi connectivity index (χ0n) is 18.9. The fraction of sp³-hybridized carbons (Fsp3) is 0.370. The fourth-order valence-corrected chi connectivity index (χ4v) is 4.94. The molecule has 6 heteroatoms. The maximum Gasteiger partial charge on any atom is 0.251 e. The topological polar surface area (TPSA) is 66.7 Å². The third-order valence-corrected chi connectivity index (χ3v) is 6.92. The molecule has 0 bridgehead atoms. The Balaban J connectivity index is 1.15. The van der Waals surface area contributed by atoms with E-state index >= 15 is 0 Å². The second kappa shape index (κ2) is 9.61. The van der Waals surface area contributed by atoms with Gasteiger partial charge in [-0.25, -0.2) is 4.98 Å². The van der Waals surface area contributed by atoms with Gasteiger partial charge in [0.2, 0.25) is 5.91 Å². The van der Waals surface area contributed by atoms with Gasteiger partial charge in [-0.15, -0.1) is 0 Å². The van der Waals surface area contributed by atoms with Crippen molar-refractivity contribution in [1.29, 1.82) is 0 Å². The SMILES string of the molecule is O=C(NCc1ccc2nccn2c1)c1ccc(C2=CCN(C(=O)CC3CCCC3)CC2)cc1. The van der Waals surface area contributed by atoms with Crippen molar-refractivity contribution in [3.8, 4) is 0 Å². The highest BCUT2D eigenvalue weighted by molar-refractivity contribution is 5.94. The normalized spacial score (nSPS) is 16.7. The molecule has 1 N–H and O–H groups in total. The molecule has 170 valence electrons. The summed E-state index contributed by atoms with van der Waals surface area (Å²) < 4.78 is 1.94. The fourth-order valence-electron chi connectivity index (χ4n) is 4.94. The van der Waals surface area contributed by atoms with Crippen LogP contribution in [-0.2, 0) is 11.3 Å². The van der Waals surface area contributed by atoms with Gasteiger partial charge in [0, 0.05) is 50.2 Å². The third kappa shape index (κ3) is 5.00. The highest BCUT2D eigenvalue weighted by Gasteiger charge is 2.23. The first-order valence-electron chi connectivity index (χ1n) is 11.9. The molecule has 3 heterocycles. The van der Waals surface area contributed by atoms with Crippen LogP contribution in [0.15, 0.2) is 61.1 Å². The van der Waals surface area contributed by atoms with Gasteiger partial charge in [0.25, 0.3) is 5.91 Å². The van der Waals surface area contributed by atoms with Crippen molar-refractivity contribution in [2.45, 2.75) is 45.1 Å². The number of imidazole rings is 1. The Kier molecular flexibility index (Phi) is 6.24. The van der Waals surface area contributed by atoms with Gasteiger partial charge in [0.05, 0.1) is 0 Å². The zero-order chi connectivity index (χ0) is 22.6. The van der Waals surface area contributed by atoms with Crippen LogP contribution >= 0.6 is 0 Å². The van der Waals surface area contributed by atoms with E-state index in [9.17, 15) is 9.59 Å². The van der Waals surface area contributed by atoms with Gasteiger partial charge < -0.3 is 14.6 Å². The van der Waals surface area contributed by atoms with E-state index in [1.54, 1.807) is 6.20 Å². The van der Waals surface area contributed by atoms with Crippen LogP contribution in [0.2, 0.25) is 0 Å².